The number of rotatable bonds is 5. The van der Waals surface area contributed by atoms with E-state index >= 15 is 0 Å². The maximum absolute atomic E-state index is 12.0. The minimum Gasteiger partial charge on any atom is -0.302 e. The van der Waals surface area contributed by atoms with E-state index in [1.165, 1.54) is 22.7 Å². The van der Waals surface area contributed by atoms with Crippen LogP contribution in [0.1, 0.15) is 33.0 Å². The molecule has 0 unspecified atom stereocenters. The number of Topliss-reactive ketones (excluding diaryl/α,β-unsaturated/α-hetero) is 1. The van der Waals surface area contributed by atoms with Crippen molar-refractivity contribution in [3.8, 4) is 0 Å². The molecule has 4 nitrogen and oxygen atoms in total. The standard InChI is InChI=1S/C17H16N2O2S2/c1-10-4-3-5-14-16(10)19-17(23-14)18-15(21)9-7-12(20)13-8-6-11(2)22-13/h3-6,8H,7,9H2,1-2H3,(H,18,19,21). The molecule has 0 saturated carbocycles. The smallest absolute Gasteiger partial charge is 0.226 e. The molecule has 2 heterocycles. The number of amides is 1. The van der Waals surface area contributed by atoms with Crippen LogP contribution in [0.25, 0.3) is 10.2 Å². The van der Waals surface area contributed by atoms with Gasteiger partial charge >= 0.3 is 0 Å². The van der Waals surface area contributed by atoms with Crippen LogP contribution in [0.4, 0.5) is 5.13 Å². The van der Waals surface area contributed by atoms with Crippen LogP contribution in [0.3, 0.4) is 0 Å². The van der Waals surface area contributed by atoms with Gasteiger partial charge in [0.1, 0.15) is 0 Å². The van der Waals surface area contributed by atoms with Crippen LogP contribution in [0.5, 0.6) is 0 Å². The number of ketones is 1. The molecule has 0 saturated heterocycles. The second kappa shape index (κ2) is 6.60. The summed E-state index contributed by atoms with van der Waals surface area (Å²) in [5.41, 5.74) is 2.00. The fourth-order valence-electron chi connectivity index (χ4n) is 2.26. The third kappa shape index (κ3) is 3.65. The zero-order valence-electron chi connectivity index (χ0n) is 12.9. The van der Waals surface area contributed by atoms with Gasteiger partial charge in [-0.3, -0.25) is 9.59 Å². The molecule has 3 aromatic rings. The molecular formula is C17H16N2O2S2. The van der Waals surface area contributed by atoms with Gasteiger partial charge in [0.05, 0.1) is 15.1 Å². The lowest BCUT2D eigenvalue weighted by atomic mass is 10.2. The molecule has 0 bridgehead atoms. The molecule has 3 rings (SSSR count). The molecular weight excluding hydrogens is 328 g/mol. The number of thiazole rings is 1. The van der Waals surface area contributed by atoms with Crippen molar-refractivity contribution in [3.63, 3.8) is 0 Å². The fourth-order valence-corrected chi connectivity index (χ4v) is 4.05. The number of benzene rings is 1. The number of nitrogens with one attached hydrogen (secondary N) is 1. The molecule has 0 fully saturated rings. The molecule has 118 valence electrons. The van der Waals surface area contributed by atoms with Gasteiger partial charge in [0.25, 0.3) is 0 Å². The third-order valence-electron chi connectivity index (χ3n) is 3.46. The van der Waals surface area contributed by atoms with E-state index in [0.29, 0.717) is 10.0 Å². The molecule has 6 heteroatoms. The lowest BCUT2D eigenvalue weighted by Crippen LogP contribution is -2.13. The van der Waals surface area contributed by atoms with Crippen molar-refractivity contribution in [2.45, 2.75) is 26.7 Å². The second-order valence-electron chi connectivity index (χ2n) is 5.32. The summed E-state index contributed by atoms with van der Waals surface area (Å²) in [6.07, 6.45) is 0.389. The van der Waals surface area contributed by atoms with Crippen LogP contribution in [0.15, 0.2) is 30.3 Å². The largest absolute Gasteiger partial charge is 0.302 e. The summed E-state index contributed by atoms with van der Waals surface area (Å²) < 4.78 is 1.05. The molecule has 0 spiro atoms. The lowest BCUT2D eigenvalue weighted by molar-refractivity contribution is -0.116. The minimum atomic E-state index is -0.177. The number of carbonyl (C=O) groups excluding carboxylic acids is 2. The van der Waals surface area contributed by atoms with Crippen molar-refractivity contribution >= 4 is 49.7 Å². The number of thiophene rings is 1. The molecule has 0 aliphatic rings. The summed E-state index contributed by atoms with van der Waals surface area (Å²) >= 11 is 2.91. The summed E-state index contributed by atoms with van der Waals surface area (Å²) in [5.74, 6) is -0.165. The van der Waals surface area contributed by atoms with E-state index in [4.69, 9.17) is 0 Å². The van der Waals surface area contributed by atoms with Gasteiger partial charge in [0.15, 0.2) is 10.9 Å². The Kier molecular flexibility index (Phi) is 4.54. The van der Waals surface area contributed by atoms with E-state index in [0.717, 1.165) is 20.7 Å². The molecule has 1 N–H and O–H groups in total. The summed E-state index contributed by atoms with van der Waals surface area (Å²) in [6, 6.07) is 9.69. The van der Waals surface area contributed by atoms with Crippen LogP contribution in [-0.2, 0) is 4.79 Å². The topological polar surface area (TPSA) is 59.1 Å². The maximum Gasteiger partial charge on any atom is 0.226 e. The van der Waals surface area contributed by atoms with Crippen molar-refractivity contribution in [1.29, 1.82) is 0 Å². The number of aryl methyl sites for hydroxylation is 2. The average Bonchev–Trinajstić information content (AvgIpc) is 3.11. The average molecular weight is 344 g/mol. The zero-order valence-corrected chi connectivity index (χ0v) is 14.5. The molecule has 2 aromatic heterocycles. The first-order valence-electron chi connectivity index (χ1n) is 7.28. The predicted octanol–water partition coefficient (Wildman–Crippen LogP) is 4.58. The van der Waals surface area contributed by atoms with Gasteiger partial charge in [-0.15, -0.1) is 11.3 Å². The Hall–Kier alpha value is -2.05. The maximum atomic E-state index is 12.0. The van der Waals surface area contributed by atoms with Crippen molar-refractivity contribution in [1.82, 2.24) is 4.98 Å². The molecule has 1 amide bonds. The number of hydrogen-bond acceptors (Lipinski definition) is 5. The molecule has 23 heavy (non-hydrogen) atoms. The van der Waals surface area contributed by atoms with Crippen LogP contribution < -0.4 is 5.32 Å². The van der Waals surface area contributed by atoms with Gasteiger partial charge in [-0.25, -0.2) is 4.98 Å². The van der Waals surface area contributed by atoms with Crippen molar-refractivity contribution in [2.24, 2.45) is 0 Å². The monoisotopic (exact) mass is 344 g/mol. The Morgan fingerprint density at radius 1 is 1.09 bits per heavy atom. The molecule has 1 aromatic carbocycles. The highest BCUT2D eigenvalue weighted by atomic mass is 32.1. The number of aromatic nitrogens is 1. The first-order chi connectivity index (χ1) is 11.0. The summed E-state index contributed by atoms with van der Waals surface area (Å²) in [6.45, 7) is 3.96. The van der Waals surface area contributed by atoms with Crippen molar-refractivity contribution < 1.29 is 9.59 Å². The summed E-state index contributed by atoms with van der Waals surface area (Å²) in [7, 11) is 0. The number of hydrogen-bond donors (Lipinski definition) is 1. The summed E-state index contributed by atoms with van der Waals surface area (Å²) in [5, 5.41) is 3.37. The van der Waals surface area contributed by atoms with E-state index in [-0.39, 0.29) is 24.5 Å². The van der Waals surface area contributed by atoms with Crippen LogP contribution in [-0.4, -0.2) is 16.7 Å². The molecule has 0 aliphatic carbocycles. The van der Waals surface area contributed by atoms with Crippen LogP contribution in [0, 0.1) is 13.8 Å². The Morgan fingerprint density at radius 2 is 1.91 bits per heavy atom. The predicted molar refractivity (Wildman–Crippen MR) is 95.6 cm³/mol. The highest BCUT2D eigenvalue weighted by Gasteiger charge is 2.13. The van der Waals surface area contributed by atoms with Crippen LogP contribution >= 0.6 is 22.7 Å². The van der Waals surface area contributed by atoms with Crippen molar-refractivity contribution in [2.75, 3.05) is 5.32 Å². The van der Waals surface area contributed by atoms with Crippen LogP contribution in [0.2, 0.25) is 0 Å². The second-order valence-corrected chi connectivity index (χ2v) is 7.64. The van der Waals surface area contributed by atoms with E-state index in [1.807, 2.05) is 44.2 Å². The molecule has 0 atom stereocenters. The fraction of sp³-hybridized carbons (Fsp3) is 0.235. The molecule has 0 aliphatic heterocycles. The summed E-state index contributed by atoms with van der Waals surface area (Å²) in [4.78, 5) is 30.3. The van der Waals surface area contributed by atoms with Gasteiger partial charge in [-0.2, -0.15) is 0 Å². The molecule has 0 radical (unpaired) electrons. The minimum absolute atomic E-state index is 0.0124. The van der Waals surface area contributed by atoms with E-state index in [1.54, 1.807) is 0 Å². The van der Waals surface area contributed by atoms with Gasteiger partial charge in [-0.05, 0) is 37.6 Å². The van der Waals surface area contributed by atoms with E-state index < -0.39 is 0 Å². The Balaban J connectivity index is 1.60. The van der Waals surface area contributed by atoms with E-state index in [9.17, 15) is 9.59 Å². The number of carbonyl (C=O) groups is 2. The first kappa shape index (κ1) is 15.8. The number of nitrogens with zero attached hydrogens (tertiary/aromatic N) is 1. The van der Waals surface area contributed by atoms with Gasteiger partial charge < -0.3 is 5.32 Å². The Morgan fingerprint density at radius 3 is 2.61 bits per heavy atom. The first-order valence-corrected chi connectivity index (χ1v) is 8.92. The van der Waals surface area contributed by atoms with Gasteiger partial charge in [0.2, 0.25) is 5.91 Å². The lowest BCUT2D eigenvalue weighted by Gasteiger charge is -2.00. The van der Waals surface area contributed by atoms with Crippen molar-refractivity contribution in [3.05, 3.63) is 45.6 Å². The Labute approximate surface area is 142 Å². The number of fused-ring (bicyclic) bond motifs is 1. The third-order valence-corrected chi connectivity index (χ3v) is 5.44. The SMILES string of the molecule is Cc1ccc(C(=O)CCC(=O)Nc2nc3c(C)cccc3s2)s1. The number of para-hydroxylation sites is 1. The van der Waals surface area contributed by atoms with Gasteiger partial charge in [-0.1, -0.05) is 23.5 Å². The van der Waals surface area contributed by atoms with Gasteiger partial charge in [0, 0.05) is 17.7 Å². The highest BCUT2D eigenvalue weighted by molar-refractivity contribution is 7.22. The zero-order chi connectivity index (χ0) is 16.4. The highest BCUT2D eigenvalue weighted by Crippen LogP contribution is 2.28. The quantitative estimate of drug-likeness (QED) is 0.689. The normalized spacial score (nSPS) is 10.9. The van der Waals surface area contributed by atoms with E-state index in [2.05, 4.69) is 10.3 Å². The number of anilines is 1. The Bertz CT molecular complexity index is 880.